The summed E-state index contributed by atoms with van der Waals surface area (Å²) in [4.78, 5) is 42.8. The van der Waals surface area contributed by atoms with E-state index in [0.717, 1.165) is 15.8 Å². The second-order valence-electron chi connectivity index (χ2n) is 7.05. The number of amides is 2. The van der Waals surface area contributed by atoms with Gasteiger partial charge < -0.3 is 9.80 Å². The number of rotatable bonds is 5. The van der Waals surface area contributed by atoms with E-state index in [2.05, 4.69) is 0 Å². The van der Waals surface area contributed by atoms with Crippen LogP contribution in [0.15, 0.2) is 24.3 Å². The number of hydrogen-bond acceptors (Lipinski definition) is 4. The third-order valence-corrected chi connectivity index (χ3v) is 6.27. The second-order valence-corrected chi connectivity index (χ2v) is 8.91. The molecule has 2 heterocycles. The Morgan fingerprint density at radius 1 is 1.00 bits per heavy atom. The summed E-state index contributed by atoms with van der Waals surface area (Å²) in [6.07, 6.45) is 0.338. The van der Waals surface area contributed by atoms with Crippen LogP contribution in [0.5, 0.6) is 0 Å². The molecule has 0 N–H and O–H groups in total. The number of Topliss-reactive ketones (excluding diaryl/α,β-unsaturated/α-hetero) is 1. The molecule has 1 aromatic carbocycles. The van der Waals surface area contributed by atoms with Crippen LogP contribution in [0.25, 0.3) is 0 Å². The van der Waals surface area contributed by atoms with Crippen LogP contribution < -0.4 is 0 Å². The van der Waals surface area contributed by atoms with Crippen LogP contribution in [0.3, 0.4) is 0 Å². The fraction of sp³-hybridized carbons (Fsp3) is 0.381. The number of carbonyl (C=O) groups excluding carboxylic acids is 3. The van der Waals surface area contributed by atoms with Gasteiger partial charge in [0.15, 0.2) is 5.78 Å². The molecule has 8 heteroatoms. The number of nitrogens with zero attached hydrogens (tertiary/aromatic N) is 2. The molecule has 3 rings (SSSR count). The van der Waals surface area contributed by atoms with E-state index in [1.165, 1.54) is 12.1 Å². The van der Waals surface area contributed by atoms with Gasteiger partial charge in [0.2, 0.25) is 5.91 Å². The third-order valence-electron chi connectivity index (χ3n) is 4.99. The first kappa shape index (κ1) is 21.5. The molecule has 0 saturated carbocycles. The van der Waals surface area contributed by atoms with Crippen molar-refractivity contribution >= 4 is 40.5 Å². The molecule has 0 aliphatic carbocycles. The molecule has 0 radical (unpaired) electrons. The van der Waals surface area contributed by atoms with Gasteiger partial charge in [-0.1, -0.05) is 11.6 Å². The Labute approximate surface area is 178 Å². The first-order valence-electron chi connectivity index (χ1n) is 9.38. The van der Waals surface area contributed by atoms with E-state index in [0.29, 0.717) is 31.7 Å². The van der Waals surface area contributed by atoms with E-state index in [-0.39, 0.29) is 41.0 Å². The van der Waals surface area contributed by atoms with Gasteiger partial charge in [0, 0.05) is 54.3 Å². The fourth-order valence-electron chi connectivity index (χ4n) is 3.41. The number of hydrogen-bond donors (Lipinski definition) is 0. The summed E-state index contributed by atoms with van der Waals surface area (Å²) in [6, 6.07) is 5.56. The highest BCUT2D eigenvalue weighted by atomic mass is 35.5. The molecule has 0 unspecified atom stereocenters. The first-order chi connectivity index (χ1) is 13.8. The van der Waals surface area contributed by atoms with E-state index in [1.807, 2.05) is 19.9 Å². The highest BCUT2D eigenvalue weighted by Crippen LogP contribution is 2.23. The lowest BCUT2D eigenvalue weighted by Crippen LogP contribution is -2.50. The summed E-state index contributed by atoms with van der Waals surface area (Å²) in [5.74, 6) is -0.875. The summed E-state index contributed by atoms with van der Waals surface area (Å²) >= 11 is 7.55. The predicted octanol–water partition coefficient (Wildman–Crippen LogP) is 4.10. The van der Waals surface area contributed by atoms with E-state index in [4.69, 9.17) is 11.6 Å². The molecule has 5 nitrogen and oxygen atoms in total. The Kier molecular flexibility index (Phi) is 6.70. The summed E-state index contributed by atoms with van der Waals surface area (Å²) in [6.45, 7) is 5.41. The maximum absolute atomic E-state index is 13.2. The average molecular weight is 437 g/mol. The van der Waals surface area contributed by atoms with Gasteiger partial charge in [0.05, 0.1) is 10.6 Å². The molecule has 1 aromatic heterocycles. The van der Waals surface area contributed by atoms with Crippen LogP contribution in [0.4, 0.5) is 4.39 Å². The quantitative estimate of drug-likeness (QED) is 0.663. The highest BCUT2D eigenvalue weighted by molar-refractivity contribution is 7.12. The number of carbonyl (C=O) groups is 3. The smallest absolute Gasteiger partial charge is 0.255 e. The van der Waals surface area contributed by atoms with Crippen LogP contribution in [-0.2, 0) is 4.79 Å². The monoisotopic (exact) mass is 436 g/mol. The highest BCUT2D eigenvalue weighted by Gasteiger charge is 2.26. The number of aryl methyl sites for hydroxylation is 2. The summed E-state index contributed by atoms with van der Waals surface area (Å²) in [7, 11) is 0. The predicted molar refractivity (Wildman–Crippen MR) is 111 cm³/mol. The van der Waals surface area contributed by atoms with Crippen LogP contribution >= 0.6 is 22.9 Å². The van der Waals surface area contributed by atoms with Crippen molar-refractivity contribution in [1.82, 2.24) is 9.80 Å². The van der Waals surface area contributed by atoms with Crippen molar-refractivity contribution < 1.29 is 18.8 Å². The second kappa shape index (κ2) is 9.05. The van der Waals surface area contributed by atoms with Crippen LogP contribution in [0, 0.1) is 19.7 Å². The minimum absolute atomic E-state index is 0.0139. The van der Waals surface area contributed by atoms with E-state index in [1.54, 1.807) is 21.1 Å². The van der Waals surface area contributed by atoms with Gasteiger partial charge in [-0.2, -0.15) is 0 Å². The van der Waals surface area contributed by atoms with Gasteiger partial charge in [-0.3, -0.25) is 14.4 Å². The van der Waals surface area contributed by atoms with Crippen molar-refractivity contribution in [3.8, 4) is 0 Å². The third kappa shape index (κ3) is 5.03. The zero-order chi connectivity index (χ0) is 21.1. The fourth-order valence-corrected chi connectivity index (χ4v) is 4.60. The van der Waals surface area contributed by atoms with E-state index in [9.17, 15) is 18.8 Å². The lowest BCUT2D eigenvalue weighted by Gasteiger charge is -2.35. The normalized spacial score (nSPS) is 14.2. The molecule has 154 valence electrons. The molecule has 0 spiro atoms. The molecule has 2 aromatic rings. The van der Waals surface area contributed by atoms with Gasteiger partial charge in [-0.05, 0) is 38.1 Å². The molecule has 0 atom stereocenters. The number of piperazine rings is 1. The van der Waals surface area contributed by atoms with Crippen molar-refractivity contribution in [1.29, 1.82) is 0 Å². The maximum Gasteiger partial charge on any atom is 0.255 e. The Balaban J connectivity index is 1.51. The molecule has 2 amide bonds. The molecule has 1 fully saturated rings. The minimum Gasteiger partial charge on any atom is -0.339 e. The largest absolute Gasteiger partial charge is 0.339 e. The molecule has 0 bridgehead atoms. The summed E-state index contributed by atoms with van der Waals surface area (Å²) < 4.78 is 13.2. The van der Waals surface area contributed by atoms with Gasteiger partial charge >= 0.3 is 0 Å². The molecule has 29 heavy (non-hydrogen) atoms. The van der Waals surface area contributed by atoms with Crippen molar-refractivity contribution in [3.63, 3.8) is 0 Å². The van der Waals surface area contributed by atoms with Crippen LogP contribution in [0.1, 0.15) is 43.3 Å². The van der Waals surface area contributed by atoms with Crippen molar-refractivity contribution in [2.24, 2.45) is 0 Å². The van der Waals surface area contributed by atoms with Crippen LogP contribution in [0.2, 0.25) is 5.02 Å². The van der Waals surface area contributed by atoms with Crippen molar-refractivity contribution in [2.75, 3.05) is 26.2 Å². The topological polar surface area (TPSA) is 57.7 Å². The Hall–Kier alpha value is -2.25. The number of halogens is 2. The minimum atomic E-state index is -0.496. The zero-order valence-corrected chi connectivity index (χ0v) is 17.9. The Morgan fingerprint density at radius 2 is 1.66 bits per heavy atom. The zero-order valence-electron chi connectivity index (χ0n) is 16.3. The Morgan fingerprint density at radius 3 is 2.24 bits per heavy atom. The molecule has 1 aliphatic heterocycles. The van der Waals surface area contributed by atoms with Crippen molar-refractivity contribution in [2.45, 2.75) is 26.7 Å². The maximum atomic E-state index is 13.2. The molecular weight excluding hydrogens is 415 g/mol. The summed E-state index contributed by atoms with van der Waals surface area (Å²) in [5, 5.41) is 0.0750. The first-order valence-corrected chi connectivity index (χ1v) is 10.6. The number of benzene rings is 1. The lowest BCUT2D eigenvalue weighted by atomic mass is 10.1. The van der Waals surface area contributed by atoms with Crippen LogP contribution in [-0.4, -0.2) is 53.6 Å². The number of thiophene rings is 1. The SMILES string of the molecule is Cc1cc(C(=O)CCC(=O)N2CCN(C(=O)c3ccc(F)cc3Cl)CC2)c(C)s1. The standard InChI is InChI=1S/C21H22ClFN2O3S/c1-13-11-17(14(2)29-13)19(26)5-6-20(27)24-7-9-25(10-8-24)21(28)16-4-3-15(23)12-18(16)22/h3-4,11-12H,5-10H2,1-2H3. The van der Waals surface area contributed by atoms with Gasteiger partial charge in [0.1, 0.15) is 5.82 Å². The van der Waals surface area contributed by atoms with Gasteiger partial charge in [0.25, 0.3) is 5.91 Å². The van der Waals surface area contributed by atoms with Gasteiger partial charge in [-0.25, -0.2) is 4.39 Å². The van der Waals surface area contributed by atoms with Gasteiger partial charge in [-0.15, -0.1) is 11.3 Å². The lowest BCUT2D eigenvalue weighted by molar-refractivity contribution is -0.132. The molecule has 1 aliphatic rings. The van der Waals surface area contributed by atoms with Crippen molar-refractivity contribution in [3.05, 3.63) is 56.0 Å². The van der Waals surface area contributed by atoms with E-state index >= 15 is 0 Å². The van der Waals surface area contributed by atoms with E-state index < -0.39 is 5.82 Å². The average Bonchev–Trinajstić information content (AvgIpc) is 3.03. The molecule has 1 saturated heterocycles. The summed E-state index contributed by atoms with van der Waals surface area (Å²) in [5.41, 5.74) is 0.951. The number of ketones is 1. The Bertz CT molecular complexity index is 951. The molecular formula is C21H22ClFN2O3S.